The highest BCUT2D eigenvalue weighted by Crippen LogP contribution is 2.21. The van der Waals surface area contributed by atoms with Gasteiger partial charge in [-0.15, -0.1) is 0 Å². The molecule has 2 aromatic rings. The van der Waals surface area contributed by atoms with Gasteiger partial charge in [0.05, 0.1) is 12.6 Å². The first-order valence-corrected chi connectivity index (χ1v) is 10.7. The van der Waals surface area contributed by atoms with E-state index in [0.717, 1.165) is 18.5 Å². The van der Waals surface area contributed by atoms with Crippen LogP contribution in [0.2, 0.25) is 0 Å². The summed E-state index contributed by atoms with van der Waals surface area (Å²) in [6, 6.07) is 11.7. The summed E-state index contributed by atoms with van der Waals surface area (Å²) in [4.78, 5) is 31.3. The largest absolute Gasteiger partial charge is 0.337 e. The fraction of sp³-hybridized carbons (Fsp3) is 0.417. The molecule has 5 nitrogen and oxygen atoms in total. The van der Waals surface area contributed by atoms with Gasteiger partial charge in [-0.1, -0.05) is 12.1 Å². The second-order valence-electron chi connectivity index (χ2n) is 7.84. The predicted octanol–water partition coefficient (Wildman–Crippen LogP) is 3.72. The van der Waals surface area contributed by atoms with E-state index in [-0.39, 0.29) is 36.0 Å². The molecule has 0 radical (unpaired) electrons. The third-order valence-electron chi connectivity index (χ3n) is 5.81. The van der Waals surface area contributed by atoms with Crippen molar-refractivity contribution in [2.75, 3.05) is 39.3 Å². The molecule has 0 bridgehead atoms. The van der Waals surface area contributed by atoms with E-state index in [1.54, 1.807) is 21.9 Å². The van der Waals surface area contributed by atoms with E-state index in [1.165, 1.54) is 36.4 Å². The standard InChI is InChI=1S/C24H29F2N3O2/c1-3-29(18(2)19-5-9-21(25)10-6-19)23(30)17-27-13-4-14-28(16-15-27)24(31)20-7-11-22(26)12-8-20/h5-12,18H,3-4,13-17H2,1-2H3. The lowest BCUT2D eigenvalue weighted by atomic mass is 10.1. The zero-order valence-electron chi connectivity index (χ0n) is 18.1. The van der Waals surface area contributed by atoms with Crippen LogP contribution in [0.4, 0.5) is 8.78 Å². The lowest BCUT2D eigenvalue weighted by molar-refractivity contribution is -0.134. The molecule has 31 heavy (non-hydrogen) atoms. The fourth-order valence-electron chi connectivity index (χ4n) is 3.98. The van der Waals surface area contributed by atoms with E-state index in [1.807, 2.05) is 13.8 Å². The minimum atomic E-state index is -0.368. The van der Waals surface area contributed by atoms with Gasteiger partial charge in [0.25, 0.3) is 5.91 Å². The summed E-state index contributed by atoms with van der Waals surface area (Å²) in [5.74, 6) is -0.770. The first kappa shape index (κ1) is 22.9. The Balaban J connectivity index is 1.58. The molecule has 0 spiro atoms. The molecule has 0 N–H and O–H groups in total. The molecule has 1 fully saturated rings. The molecular formula is C24H29F2N3O2. The number of rotatable bonds is 6. The van der Waals surface area contributed by atoms with Crippen molar-refractivity contribution in [2.24, 2.45) is 0 Å². The van der Waals surface area contributed by atoms with Gasteiger partial charge < -0.3 is 9.80 Å². The summed E-state index contributed by atoms with van der Waals surface area (Å²) in [6.45, 7) is 7.15. The van der Waals surface area contributed by atoms with Crippen LogP contribution in [0, 0.1) is 11.6 Å². The first-order chi connectivity index (χ1) is 14.9. The minimum Gasteiger partial charge on any atom is -0.337 e. The predicted molar refractivity (Wildman–Crippen MR) is 116 cm³/mol. The molecule has 1 unspecified atom stereocenters. The van der Waals surface area contributed by atoms with Gasteiger partial charge in [0.15, 0.2) is 0 Å². The molecule has 1 atom stereocenters. The Morgan fingerprint density at radius 2 is 1.55 bits per heavy atom. The molecule has 7 heteroatoms. The van der Waals surface area contributed by atoms with E-state index in [2.05, 4.69) is 4.90 Å². The number of amides is 2. The van der Waals surface area contributed by atoms with Gasteiger partial charge in [0.1, 0.15) is 11.6 Å². The Kier molecular flexibility index (Phi) is 7.74. The van der Waals surface area contributed by atoms with Crippen LogP contribution in [0.1, 0.15) is 42.2 Å². The zero-order chi connectivity index (χ0) is 22.4. The van der Waals surface area contributed by atoms with Crippen molar-refractivity contribution in [1.82, 2.24) is 14.7 Å². The SMILES string of the molecule is CCN(C(=O)CN1CCCN(C(=O)c2ccc(F)cc2)CC1)C(C)c1ccc(F)cc1. The summed E-state index contributed by atoms with van der Waals surface area (Å²) in [5.41, 5.74) is 1.36. The van der Waals surface area contributed by atoms with Crippen molar-refractivity contribution in [1.29, 1.82) is 0 Å². The summed E-state index contributed by atoms with van der Waals surface area (Å²) in [7, 11) is 0. The molecule has 0 aliphatic carbocycles. The summed E-state index contributed by atoms with van der Waals surface area (Å²) >= 11 is 0. The summed E-state index contributed by atoms with van der Waals surface area (Å²) < 4.78 is 26.3. The third kappa shape index (κ3) is 5.88. The Labute approximate surface area is 182 Å². The molecule has 166 valence electrons. The highest BCUT2D eigenvalue weighted by Gasteiger charge is 2.25. The molecule has 1 aliphatic heterocycles. The molecule has 2 amide bonds. The fourth-order valence-corrected chi connectivity index (χ4v) is 3.98. The van der Waals surface area contributed by atoms with Crippen LogP contribution in [0.25, 0.3) is 0 Å². The maximum atomic E-state index is 13.2. The number of nitrogens with zero attached hydrogens (tertiary/aromatic N) is 3. The van der Waals surface area contributed by atoms with Crippen molar-refractivity contribution >= 4 is 11.8 Å². The Bertz CT molecular complexity index is 887. The van der Waals surface area contributed by atoms with Crippen LogP contribution >= 0.6 is 0 Å². The summed E-state index contributed by atoms with van der Waals surface area (Å²) in [5, 5.41) is 0. The number of benzene rings is 2. The molecule has 0 saturated carbocycles. The number of hydrogen-bond donors (Lipinski definition) is 0. The van der Waals surface area contributed by atoms with Gasteiger partial charge in [-0.05, 0) is 62.2 Å². The van der Waals surface area contributed by atoms with Gasteiger partial charge in [0.2, 0.25) is 5.91 Å². The zero-order valence-corrected chi connectivity index (χ0v) is 18.1. The molecule has 2 aromatic carbocycles. The normalized spacial score (nSPS) is 15.9. The van der Waals surface area contributed by atoms with E-state index >= 15 is 0 Å². The first-order valence-electron chi connectivity index (χ1n) is 10.7. The van der Waals surface area contributed by atoms with Gasteiger partial charge in [-0.25, -0.2) is 8.78 Å². The van der Waals surface area contributed by atoms with Crippen molar-refractivity contribution in [3.8, 4) is 0 Å². The van der Waals surface area contributed by atoms with Crippen LogP contribution in [0.3, 0.4) is 0 Å². The molecule has 0 aromatic heterocycles. The molecule has 1 aliphatic rings. The molecule has 1 saturated heterocycles. The van der Waals surface area contributed by atoms with Crippen LogP contribution in [-0.4, -0.2) is 65.8 Å². The quantitative estimate of drug-likeness (QED) is 0.703. The maximum absolute atomic E-state index is 13.2. The lowest BCUT2D eigenvalue weighted by Gasteiger charge is -2.31. The Morgan fingerprint density at radius 3 is 2.16 bits per heavy atom. The second kappa shape index (κ2) is 10.5. The van der Waals surface area contributed by atoms with E-state index in [4.69, 9.17) is 0 Å². The Hall–Kier alpha value is -2.80. The van der Waals surface area contributed by atoms with Crippen LogP contribution in [0.15, 0.2) is 48.5 Å². The van der Waals surface area contributed by atoms with Crippen molar-refractivity contribution in [2.45, 2.75) is 26.3 Å². The number of carbonyl (C=O) groups is 2. The number of carbonyl (C=O) groups excluding carboxylic acids is 2. The van der Waals surface area contributed by atoms with Gasteiger partial charge in [-0.3, -0.25) is 14.5 Å². The minimum absolute atomic E-state index is 0.0117. The highest BCUT2D eigenvalue weighted by molar-refractivity contribution is 5.94. The number of halogens is 2. The molecule has 1 heterocycles. The second-order valence-corrected chi connectivity index (χ2v) is 7.84. The topological polar surface area (TPSA) is 43.9 Å². The third-order valence-corrected chi connectivity index (χ3v) is 5.81. The average Bonchev–Trinajstić information content (AvgIpc) is 3.00. The van der Waals surface area contributed by atoms with Gasteiger partial charge in [-0.2, -0.15) is 0 Å². The lowest BCUT2D eigenvalue weighted by Crippen LogP contribution is -2.43. The molecular weight excluding hydrogens is 400 g/mol. The van der Waals surface area contributed by atoms with Crippen molar-refractivity contribution in [3.05, 3.63) is 71.3 Å². The van der Waals surface area contributed by atoms with E-state index < -0.39 is 0 Å². The Morgan fingerprint density at radius 1 is 0.935 bits per heavy atom. The van der Waals surface area contributed by atoms with E-state index in [0.29, 0.717) is 31.7 Å². The maximum Gasteiger partial charge on any atom is 0.253 e. The smallest absolute Gasteiger partial charge is 0.253 e. The van der Waals surface area contributed by atoms with Crippen LogP contribution in [-0.2, 0) is 4.79 Å². The van der Waals surface area contributed by atoms with Crippen molar-refractivity contribution in [3.63, 3.8) is 0 Å². The monoisotopic (exact) mass is 429 g/mol. The molecule has 3 rings (SSSR count). The number of likely N-dealkylation sites (N-methyl/N-ethyl adjacent to an activating group) is 1. The average molecular weight is 430 g/mol. The number of hydrogen-bond acceptors (Lipinski definition) is 3. The van der Waals surface area contributed by atoms with Gasteiger partial charge >= 0.3 is 0 Å². The summed E-state index contributed by atoms with van der Waals surface area (Å²) in [6.07, 6.45) is 0.764. The van der Waals surface area contributed by atoms with Crippen LogP contribution in [0.5, 0.6) is 0 Å². The van der Waals surface area contributed by atoms with Crippen molar-refractivity contribution < 1.29 is 18.4 Å². The highest BCUT2D eigenvalue weighted by atomic mass is 19.1. The van der Waals surface area contributed by atoms with Gasteiger partial charge in [0, 0.05) is 38.3 Å². The van der Waals surface area contributed by atoms with E-state index in [9.17, 15) is 18.4 Å². The van der Waals surface area contributed by atoms with Crippen LogP contribution < -0.4 is 0 Å².